The van der Waals surface area contributed by atoms with Crippen LogP contribution in [-0.2, 0) is 84.3 Å². The van der Waals surface area contributed by atoms with Gasteiger partial charge in [0.1, 0.15) is 13.2 Å². The molecular formula is C44H72N2O17. The van der Waals surface area contributed by atoms with Crippen LogP contribution >= 0.6 is 0 Å². The van der Waals surface area contributed by atoms with Crippen LogP contribution in [-0.4, -0.2) is 197 Å². The average Bonchev–Trinajstić information content (AvgIpc) is 3.31. The number of amides is 2. The van der Waals surface area contributed by atoms with E-state index in [1.807, 2.05) is 60.7 Å². The molecule has 2 rings (SSSR count). The van der Waals surface area contributed by atoms with Crippen LogP contribution in [0, 0.1) is 0 Å². The molecule has 2 aromatic carbocycles. The van der Waals surface area contributed by atoms with Crippen LogP contribution in [0.3, 0.4) is 0 Å². The molecule has 0 fully saturated rings. The van der Waals surface area contributed by atoms with E-state index in [0.29, 0.717) is 185 Å². The summed E-state index contributed by atoms with van der Waals surface area (Å²) in [6.07, 6.45) is -0.949. The van der Waals surface area contributed by atoms with Crippen molar-refractivity contribution >= 4 is 12.2 Å². The van der Waals surface area contributed by atoms with Crippen molar-refractivity contribution < 1.29 is 80.6 Å². The molecule has 2 amide bonds. The van der Waals surface area contributed by atoms with Gasteiger partial charge in [-0.05, 0) is 11.1 Å². The molecular weight excluding hydrogens is 828 g/mol. The van der Waals surface area contributed by atoms with Crippen molar-refractivity contribution in [1.29, 1.82) is 0 Å². The van der Waals surface area contributed by atoms with Crippen molar-refractivity contribution in [2.75, 3.05) is 185 Å². The minimum Gasteiger partial charge on any atom is -0.445 e. The second-order valence-electron chi connectivity index (χ2n) is 12.9. The van der Waals surface area contributed by atoms with E-state index in [1.54, 1.807) is 0 Å². The van der Waals surface area contributed by atoms with Gasteiger partial charge in [-0.1, -0.05) is 60.7 Å². The molecule has 0 saturated heterocycles. The number of rotatable bonds is 46. The largest absolute Gasteiger partial charge is 0.445 e. The normalized spacial score (nSPS) is 11.2. The van der Waals surface area contributed by atoms with Gasteiger partial charge in [-0.15, -0.1) is 0 Å². The zero-order chi connectivity index (χ0) is 44.6. The Labute approximate surface area is 372 Å². The summed E-state index contributed by atoms with van der Waals surface area (Å²) in [5.41, 5.74) is 1.87. The fourth-order valence-corrected chi connectivity index (χ4v) is 4.74. The van der Waals surface area contributed by atoms with Crippen LogP contribution in [0.5, 0.6) is 0 Å². The summed E-state index contributed by atoms with van der Waals surface area (Å²) in [5.74, 6) is 0. The monoisotopic (exact) mass is 900 g/mol. The standard InChI is InChI=1S/C44H72N2O17/c47-43(62-39-41-7-3-1-4-8-41)45-11-13-49-15-17-51-19-21-53-23-25-55-27-29-57-31-33-59-35-37-61-38-36-60-34-32-58-30-28-56-26-24-54-22-20-52-18-16-50-14-12-46-44(48)63-40-42-9-5-2-6-10-42/h1-10H,11-40H2,(H,45,47)(H,46,48). The highest BCUT2D eigenvalue weighted by atomic mass is 16.6. The molecule has 19 heteroatoms. The van der Waals surface area contributed by atoms with Gasteiger partial charge in [0.25, 0.3) is 0 Å². The summed E-state index contributed by atoms with van der Waals surface area (Å²) in [5, 5.41) is 5.29. The smallest absolute Gasteiger partial charge is 0.407 e. The molecule has 2 aromatic rings. The lowest BCUT2D eigenvalue weighted by atomic mass is 10.2. The highest BCUT2D eigenvalue weighted by Crippen LogP contribution is 2.01. The first-order valence-corrected chi connectivity index (χ1v) is 21.6. The minimum absolute atomic E-state index is 0.232. The number of hydrogen-bond donors (Lipinski definition) is 2. The molecule has 360 valence electrons. The van der Waals surface area contributed by atoms with E-state index in [4.69, 9.17) is 71.1 Å². The summed E-state index contributed by atoms with van der Waals surface area (Å²) in [7, 11) is 0. The van der Waals surface area contributed by atoms with Gasteiger partial charge in [-0.2, -0.15) is 0 Å². The van der Waals surface area contributed by atoms with Crippen molar-refractivity contribution in [3.63, 3.8) is 0 Å². The molecule has 0 aliphatic rings. The average molecular weight is 901 g/mol. The van der Waals surface area contributed by atoms with Gasteiger partial charge >= 0.3 is 12.2 Å². The molecule has 19 nitrogen and oxygen atoms in total. The minimum atomic E-state index is -0.474. The third-order valence-electron chi connectivity index (χ3n) is 7.92. The Hall–Kier alpha value is -3.54. The van der Waals surface area contributed by atoms with Crippen LogP contribution in [0.15, 0.2) is 60.7 Å². The maximum atomic E-state index is 11.7. The topological polar surface area (TPSA) is 197 Å². The molecule has 0 unspecified atom stereocenters. The van der Waals surface area contributed by atoms with Crippen molar-refractivity contribution in [3.05, 3.63) is 71.8 Å². The van der Waals surface area contributed by atoms with Crippen molar-refractivity contribution in [2.24, 2.45) is 0 Å². The first-order valence-electron chi connectivity index (χ1n) is 21.6. The van der Waals surface area contributed by atoms with Crippen LogP contribution in [0.4, 0.5) is 9.59 Å². The van der Waals surface area contributed by atoms with Gasteiger partial charge in [-0.25, -0.2) is 9.59 Å². The third-order valence-corrected chi connectivity index (χ3v) is 7.92. The zero-order valence-corrected chi connectivity index (χ0v) is 36.9. The van der Waals surface area contributed by atoms with Crippen molar-refractivity contribution in [3.8, 4) is 0 Å². The fraction of sp³-hybridized carbons (Fsp3) is 0.682. The molecule has 0 aliphatic carbocycles. The van der Waals surface area contributed by atoms with E-state index in [-0.39, 0.29) is 13.2 Å². The Morgan fingerprint density at radius 3 is 0.683 bits per heavy atom. The van der Waals surface area contributed by atoms with E-state index in [0.717, 1.165) is 11.1 Å². The first kappa shape index (κ1) is 55.6. The highest BCUT2D eigenvalue weighted by molar-refractivity contribution is 5.67. The maximum absolute atomic E-state index is 11.7. The lowest BCUT2D eigenvalue weighted by Crippen LogP contribution is -2.28. The van der Waals surface area contributed by atoms with Crippen LogP contribution in [0.2, 0.25) is 0 Å². The first-order chi connectivity index (χ1) is 31.2. The molecule has 0 heterocycles. The number of benzene rings is 2. The molecule has 2 N–H and O–H groups in total. The highest BCUT2D eigenvalue weighted by Gasteiger charge is 2.04. The van der Waals surface area contributed by atoms with Crippen LogP contribution < -0.4 is 10.6 Å². The molecule has 0 atom stereocenters. The Kier molecular flexibility index (Phi) is 39.7. The molecule has 0 spiro atoms. The van der Waals surface area contributed by atoms with E-state index < -0.39 is 12.2 Å². The van der Waals surface area contributed by atoms with E-state index in [1.165, 1.54) is 0 Å². The van der Waals surface area contributed by atoms with E-state index in [9.17, 15) is 9.59 Å². The van der Waals surface area contributed by atoms with Crippen LogP contribution in [0.1, 0.15) is 11.1 Å². The lowest BCUT2D eigenvalue weighted by Gasteiger charge is -2.09. The molecule has 0 bridgehead atoms. The lowest BCUT2D eigenvalue weighted by molar-refractivity contribution is -0.0289. The Bertz CT molecular complexity index is 1180. The quantitative estimate of drug-likeness (QED) is 0.0920. The third kappa shape index (κ3) is 39.8. The van der Waals surface area contributed by atoms with Gasteiger partial charge in [0.05, 0.1) is 172 Å². The second kappa shape index (κ2) is 45.0. The summed E-state index contributed by atoms with van der Waals surface area (Å²) in [6, 6.07) is 19.0. The number of carbonyl (C=O) groups excluding carboxylic acids is 2. The molecule has 0 saturated carbocycles. The van der Waals surface area contributed by atoms with Crippen molar-refractivity contribution in [2.45, 2.75) is 13.2 Å². The summed E-state index contributed by atoms with van der Waals surface area (Å²) in [6.45, 7) is 13.2. The van der Waals surface area contributed by atoms with E-state index in [2.05, 4.69) is 10.6 Å². The predicted molar refractivity (Wildman–Crippen MR) is 230 cm³/mol. The van der Waals surface area contributed by atoms with Gasteiger partial charge < -0.3 is 81.7 Å². The molecule has 0 aliphatic heterocycles. The van der Waals surface area contributed by atoms with Gasteiger partial charge in [0.15, 0.2) is 0 Å². The van der Waals surface area contributed by atoms with Gasteiger partial charge in [-0.3, -0.25) is 0 Å². The maximum Gasteiger partial charge on any atom is 0.407 e. The van der Waals surface area contributed by atoms with Gasteiger partial charge in [0.2, 0.25) is 0 Å². The summed E-state index contributed by atoms with van der Waals surface area (Å²) >= 11 is 0. The summed E-state index contributed by atoms with van der Waals surface area (Å²) < 4.78 is 81.5. The second-order valence-corrected chi connectivity index (χ2v) is 12.9. The van der Waals surface area contributed by atoms with E-state index >= 15 is 0 Å². The number of hydrogen-bond acceptors (Lipinski definition) is 17. The SMILES string of the molecule is O=C(NCCOCCOCCOCCOCCOCCOCCOCCOCCOCCOCCOCCOCCOCCNC(=O)OCc1ccccc1)OCc1ccccc1. The number of alkyl carbamates (subject to hydrolysis) is 2. The number of carbonyl (C=O) groups is 2. The molecule has 63 heavy (non-hydrogen) atoms. The predicted octanol–water partition coefficient (Wildman–Crippen LogP) is 3.06. The van der Waals surface area contributed by atoms with Crippen LogP contribution in [0.25, 0.3) is 0 Å². The summed E-state index contributed by atoms with van der Waals surface area (Å²) in [4.78, 5) is 23.3. The Morgan fingerprint density at radius 2 is 0.476 bits per heavy atom. The fourth-order valence-electron chi connectivity index (χ4n) is 4.74. The Morgan fingerprint density at radius 1 is 0.286 bits per heavy atom. The number of nitrogens with one attached hydrogen (secondary N) is 2. The number of ether oxygens (including phenoxy) is 15. The Balaban J connectivity index is 1.12. The molecule has 0 aromatic heterocycles. The van der Waals surface area contributed by atoms with Crippen molar-refractivity contribution in [1.82, 2.24) is 10.6 Å². The zero-order valence-electron chi connectivity index (χ0n) is 36.9. The van der Waals surface area contributed by atoms with Gasteiger partial charge in [0, 0.05) is 13.1 Å². The molecule has 0 radical (unpaired) electrons.